The van der Waals surface area contributed by atoms with Crippen molar-refractivity contribution in [1.82, 2.24) is 15.1 Å². The van der Waals surface area contributed by atoms with Crippen molar-refractivity contribution in [2.24, 2.45) is 11.8 Å². The minimum absolute atomic E-state index is 0.0640. The first-order valence-corrected chi connectivity index (χ1v) is 14.9. The van der Waals surface area contributed by atoms with Crippen LogP contribution >= 0.6 is 0 Å². The molecule has 0 saturated carbocycles. The van der Waals surface area contributed by atoms with Crippen LogP contribution in [0.5, 0.6) is 17.2 Å². The van der Waals surface area contributed by atoms with E-state index in [-0.39, 0.29) is 17.7 Å². The lowest BCUT2D eigenvalue weighted by Crippen LogP contribution is -2.47. The molecule has 1 aliphatic carbocycles. The Hall–Kier alpha value is -2.81. The number of nitrogens with zero attached hydrogens (tertiary/aromatic N) is 2. The van der Waals surface area contributed by atoms with Gasteiger partial charge in [0.1, 0.15) is 5.75 Å². The van der Waals surface area contributed by atoms with E-state index in [1.54, 1.807) is 14.2 Å². The van der Waals surface area contributed by atoms with Gasteiger partial charge in [-0.3, -0.25) is 14.6 Å². The van der Waals surface area contributed by atoms with Crippen LogP contribution in [0.3, 0.4) is 0 Å². The maximum Gasteiger partial charge on any atom is 0.224 e. The number of hydrogen-bond donors (Lipinski definition) is 1. The fraction of sp³-hybridized carbons (Fsp3) is 0.594. The zero-order valence-electron chi connectivity index (χ0n) is 24.2. The van der Waals surface area contributed by atoms with Crippen molar-refractivity contribution in [3.63, 3.8) is 0 Å². The summed E-state index contributed by atoms with van der Waals surface area (Å²) in [5.74, 6) is 2.75. The van der Waals surface area contributed by atoms with Gasteiger partial charge in [0, 0.05) is 45.2 Å². The summed E-state index contributed by atoms with van der Waals surface area (Å²) in [6.45, 7) is 8.26. The van der Waals surface area contributed by atoms with E-state index in [0.717, 1.165) is 94.6 Å². The molecule has 2 fully saturated rings. The van der Waals surface area contributed by atoms with Crippen LogP contribution in [0.15, 0.2) is 36.4 Å². The van der Waals surface area contributed by atoms with Gasteiger partial charge in [-0.25, -0.2) is 0 Å². The maximum absolute atomic E-state index is 13.3. The van der Waals surface area contributed by atoms with Gasteiger partial charge in [0.05, 0.1) is 40.0 Å². The van der Waals surface area contributed by atoms with Crippen LogP contribution in [0.1, 0.15) is 36.0 Å². The highest BCUT2D eigenvalue weighted by Crippen LogP contribution is 2.31. The average Bonchev–Trinajstić information content (AvgIpc) is 3.46. The highest BCUT2D eigenvalue weighted by atomic mass is 16.5. The largest absolute Gasteiger partial charge is 0.493 e. The molecule has 2 aromatic carbocycles. The first kappa shape index (κ1) is 28.7. The van der Waals surface area contributed by atoms with E-state index < -0.39 is 0 Å². The molecule has 1 N–H and O–H groups in total. The lowest BCUT2D eigenvalue weighted by molar-refractivity contribution is -0.127. The molecule has 3 aliphatic rings. The van der Waals surface area contributed by atoms with E-state index in [1.165, 1.54) is 24.0 Å². The molecule has 40 heavy (non-hydrogen) atoms. The average molecular weight is 552 g/mol. The molecule has 8 heteroatoms. The van der Waals surface area contributed by atoms with Gasteiger partial charge in [0.2, 0.25) is 5.91 Å². The number of fused-ring (bicyclic) bond motifs is 1. The minimum atomic E-state index is -0.0640. The molecule has 5 rings (SSSR count). The summed E-state index contributed by atoms with van der Waals surface area (Å²) in [5.41, 5.74) is 4.02. The fourth-order valence-corrected chi connectivity index (χ4v) is 6.32. The molecule has 0 radical (unpaired) electrons. The van der Waals surface area contributed by atoms with Gasteiger partial charge in [-0.05, 0) is 79.6 Å². The number of amides is 1. The van der Waals surface area contributed by atoms with Crippen molar-refractivity contribution in [3.05, 3.63) is 53.1 Å². The van der Waals surface area contributed by atoms with E-state index in [9.17, 15) is 4.79 Å². The van der Waals surface area contributed by atoms with Crippen molar-refractivity contribution < 1.29 is 23.7 Å². The third-order valence-electron chi connectivity index (χ3n) is 8.45. The summed E-state index contributed by atoms with van der Waals surface area (Å²) >= 11 is 0. The normalized spacial score (nSPS) is 21.6. The second-order valence-corrected chi connectivity index (χ2v) is 11.4. The Bertz CT molecular complexity index is 1120. The zero-order valence-corrected chi connectivity index (χ0v) is 24.2. The van der Waals surface area contributed by atoms with Gasteiger partial charge in [-0.2, -0.15) is 0 Å². The van der Waals surface area contributed by atoms with Crippen LogP contribution in [-0.4, -0.2) is 89.0 Å². The molecule has 1 amide bonds. The van der Waals surface area contributed by atoms with Gasteiger partial charge < -0.3 is 24.3 Å². The molecular weight excluding hydrogens is 506 g/mol. The molecule has 0 aromatic heterocycles. The summed E-state index contributed by atoms with van der Waals surface area (Å²) in [7, 11) is 3.31. The van der Waals surface area contributed by atoms with Gasteiger partial charge >= 0.3 is 0 Å². The standard InChI is InChI=1S/C32H45N3O5/c1-37-30-10-7-24(18-31(30)38-2)20-35-21-25(23-40-29-9-8-26-5-3-6-27(26)19-29)17-28(22-35)32(36)33-11-4-12-34-13-15-39-16-14-34/h7-10,18-19,25,28H,3-6,11-17,20-23H2,1-2H3,(H,33,36)/t25-,28+/m0/s1. The van der Waals surface area contributed by atoms with Gasteiger partial charge in [-0.15, -0.1) is 0 Å². The summed E-state index contributed by atoms with van der Waals surface area (Å²) < 4.78 is 22.7. The lowest BCUT2D eigenvalue weighted by atomic mass is 9.88. The Morgan fingerprint density at radius 1 is 0.975 bits per heavy atom. The number of methoxy groups -OCH3 is 2. The highest BCUT2D eigenvalue weighted by Gasteiger charge is 2.32. The Morgan fingerprint density at radius 2 is 1.80 bits per heavy atom. The molecule has 8 nitrogen and oxygen atoms in total. The van der Waals surface area contributed by atoms with Crippen LogP contribution in [0.4, 0.5) is 0 Å². The first-order valence-electron chi connectivity index (χ1n) is 14.9. The highest BCUT2D eigenvalue weighted by molar-refractivity contribution is 5.79. The van der Waals surface area contributed by atoms with Crippen LogP contribution < -0.4 is 19.5 Å². The maximum atomic E-state index is 13.3. The monoisotopic (exact) mass is 551 g/mol. The molecule has 0 bridgehead atoms. The predicted molar refractivity (Wildman–Crippen MR) is 155 cm³/mol. The van der Waals surface area contributed by atoms with E-state index in [4.69, 9.17) is 18.9 Å². The number of carbonyl (C=O) groups excluding carboxylic acids is 1. The number of hydrogen-bond acceptors (Lipinski definition) is 7. The van der Waals surface area contributed by atoms with E-state index in [2.05, 4.69) is 39.4 Å². The molecule has 2 heterocycles. The van der Waals surface area contributed by atoms with Gasteiger partial charge in [-0.1, -0.05) is 12.1 Å². The van der Waals surface area contributed by atoms with Crippen molar-refractivity contribution in [1.29, 1.82) is 0 Å². The Kier molecular flexibility index (Phi) is 10.2. The number of piperidine rings is 1. The molecule has 2 aliphatic heterocycles. The molecule has 0 spiro atoms. The quantitative estimate of drug-likeness (QED) is 0.405. The number of rotatable bonds is 12. The topological polar surface area (TPSA) is 72.5 Å². The van der Waals surface area contributed by atoms with Gasteiger partial charge in [0.25, 0.3) is 0 Å². The summed E-state index contributed by atoms with van der Waals surface area (Å²) in [6, 6.07) is 12.6. The zero-order chi connectivity index (χ0) is 27.7. The third kappa shape index (κ3) is 7.68. The minimum Gasteiger partial charge on any atom is -0.493 e. The molecule has 2 saturated heterocycles. The van der Waals surface area contributed by atoms with Crippen molar-refractivity contribution in [2.45, 2.75) is 38.6 Å². The van der Waals surface area contributed by atoms with Crippen LogP contribution in [0, 0.1) is 11.8 Å². The van der Waals surface area contributed by atoms with Crippen LogP contribution in [0.25, 0.3) is 0 Å². The number of ether oxygens (including phenoxy) is 4. The predicted octanol–water partition coefficient (Wildman–Crippen LogP) is 3.55. The van der Waals surface area contributed by atoms with Crippen molar-refractivity contribution in [3.8, 4) is 17.2 Å². The van der Waals surface area contributed by atoms with Crippen molar-refractivity contribution in [2.75, 3.05) is 73.3 Å². The third-order valence-corrected chi connectivity index (χ3v) is 8.45. The second kappa shape index (κ2) is 14.2. The number of likely N-dealkylation sites (tertiary alicyclic amines) is 1. The number of carbonyl (C=O) groups is 1. The molecule has 2 aromatic rings. The van der Waals surface area contributed by atoms with Crippen LogP contribution in [0.2, 0.25) is 0 Å². The molecule has 218 valence electrons. The number of benzene rings is 2. The Labute approximate surface area is 238 Å². The van der Waals surface area contributed by atoms with E-state index in [0.29, 0.717) is 13.2 Å². The fourth-order valence-electron chi connectivity index (χ4n) is 6.32. The summed E-state index contributed by atoms with van der Waals surface area (Å²) in [4.78, 5) is 18.1. The molecule has 2 atom stereocenters. The smallest absolute Gasteiger partial charge is 0.224 e. The Morgan fingerprint density at radius 3 is 2.62 bits per heavy atom. The van der Waals surface area contributed by atoms with Gasteiger partial charge in [0.15, 0.2) is 11.5 Å². The van der Waals surface area contributed by atoms with Crippen molar-refractivity contribution >= 4 is 5.91 Å². The second-order valence-electron chi connectivity index (χ2n) is 11.4. The van der Waals surface area contributed by atoms with Crippen LogP contribution in [-0.2, 0) is 28.9 Å². The summed E-state index contributed by atoms with van der Waals surface area (Å²) in [5, 5.41) is 3.23. The number of morpholine rings is 1. The SMILES string of the molecule is COc1ccc(CN2C[C@@H](COc3ccc4c(c3)CCC4)C[C@@H](C(=O)NCCCN3CCOCC3)C2)cc1OC. The summed E-state index contributed by atoms with van der Waals surface area (Å²) in [6.07, 6.45) is 5.34. The molecule has 0 unspecified atom stereocenters. The molecular formula is C32H45N3O5. The number of nitrogens with one attached hydrogen (secondary N) is 1. The number of aryl methyl sites for hydroxylation is 2. The Balaban J connectivity index is 1.19. The lowest BCUT2D eigenvalue weighted by Gasteiger charge is -2.37. The van der Waals surface area contributed by atoms with E-state index >= 15 is 0 Å². The van der Waals surface area contributed by atoms with E-state index in [1.807, 2.05) is 12.1 Å². The first-order chi connectivity index (χ1) is 19.6.